The second-order valence-corrected chi connectivity index (χ2v) is 25.0. The Labute approximate surface area is 220 Å². The molecule has 0 bridgehead atoms. The number of hydrogen-bond acceptors (Lipinski definition) is 0. The standard InChI is InChI=1S/C7H15ClSi.C5H12Cl2Si.C3H5Cl.C3H6.C2H7ClSi.2CH4/c1-4-9(2,3)7-5-6-8;1-8(2,7)5-3-4-6;1-2-3-4;1-3-2;1-4(2)3;;/h4H,1,5-7H2,2-3H3;3-5H2,1-2H3;2H,1,3H2;3H,1H2,2H3;4H,1-2H3;2*1H4. The van der Waals surface area contributed by atoms with E-state index in [1.165, 1.54) is 6.04 Å². The van der Waals surface area contributed by atoms with Gasteiger partial charge in [0.1, 0.15) is 8.11 Å². The SMILES string of the molecule is C.C.C=CC.C=CCCl.C=C[Si](C)(C)CCCCl.C[SiH](C)Cl.C[Si](C)(Cl)CCCCl. The van der Waals surface area contributed by atoms with Crippen molar-refractivity contribution in [2.45, 2.75) is 86.0 Å². The molecule has 0 saturated carbocycles. The molecular formula is C22H53Cl5Si3. The molecule has 0 aromatic carbocycles. The van der Waals surface area contributed by atoms with Crippen LogP contribution in [0.1, 0.15) is 34.6 Å². The zero-order valence-electron chi connectivity index (χ0n) is 19.3. The molecule has 0 rings (SSSR count). The van der Waals surface area contributed by atoms with E-state index in [1.54, 1.807) is 12.2 Å². The maximum atomic E-state index is 5.99. The second-order valence-electron chi connectivity index (χ2n) is 7.36. The highest BCUT2D eigenvalue weighted by atomic mass is 35.6. The molecule has 0 N–H and O–H groups in total. The molecule has 0 amide bonds. The van der Waals surface area contributed by atoms with E-state index in [9.17, 15) is 0 Å². The van der Waals surface area contributed by atoms with Gasteiger partial charge in [0.2, 0.25) is 0 Å². The highest BCUT2D eigenvalue weighted by Gasteiger charge is 2.15. The van der Waals surface area contributed by atoms with Crippen molar-refractivity contribution in [2.75, 3.05) is 17.6 Å². The van der Waals surface area contributed by atoms with Gasteiger partial charge in [0.05, 0.1) is 8.07 Å². The molecule has 0 nitrogen and oxygen atoms in total. The monoisotopic (exact) mass is 576 g/mol. The first-order valence-electron chi connectivity index (χ1n) is 9.57. The smallest absolute Gasteiger partial charge is 0.150 e. The van der Waals surface area contributed by atoms with Crippen LogP contribution in [0.25, 0.3) is 0 Å². The Morgan fingerprint density at radius 3 is 1.23 bits per heavy atom. The summed E-state index contributed by atoms with van der Waals surface area (Å²) in [4.78, 5) is 0. The van der Waals surface area contributed by atoms with E-state index in [4.69, 9.17) is 57.0 Å². The van der Waals surface area contributed by atoms with Crippen LogP contribution in [-0.4, -0.2) is 41.2 Å². The molecule has 0 aromatic rings. The van der Waals surface area contributed by atoms with Gasteiger partial charge in [-0.25, -0.2) is 0 Å². The van der Waals surface area contributed by atoms with Crippen LogP contribution in [0.2, 0.25) is 51.4 Å². The summed E-state index contributed by atoms with van der Waals surface area (Å²) in [6.07, 6.45) is 5.61. The van der Waals surface area contributed by atoms with Crippen LogP contribution in [0.3, 0.4) is 0 Å². The predicted molar refractivity (Wildman–Crippen MR) is 166 cm³/mol. The van der Waals surface area contributed by atoms with Crippen molar-refractivity contribution in [2.24, 2.45) is 0 Å². The summed E-state index contributed by atoms with van der Waals surface area (Å²) in [6, 6.07) is 2.41. The molecule has 0 fully saturated rings. The van der Waals surface area contributed by atoms with E-state index in [-0.39, 0.29) is 14.9 Å². The van der Waals surface area contributed by atoms with E-state index in [1.807, 2.05) is 6.92 Å². The quantitative estimate of drug-likeness (QED) is 0.116. The first-order chi connectivity index (χ1) is 12.7. The van der Waals surface area contributed by atoms with Crippen molar-refractivity contribution in [3.8, 4) is 0 Å². The maximum Gasteiger partial charge on any atom is 0.150 e. The molecular weight excluding hydrogens is 526 g/mol. The molecule has 0 aliphatic heterocycles. The normalized spacial score (nSPS) is 9.10. The summed E-state index contributed by atoms with van der Waals surface area (Å²) < 4.78 is 0. The third kappa shape index (κ3) is 100. The average Bonchev–Trinajstić information content (AvgIpc) is 2.58. The Morgan fingerprint density at radius 1 is 0.833 bits per heavy atom. The lowest BCUT2D eigenvalue weighted by Crippen LogP contribution is -2.21. The molecule has 0 atom stereocenters. The lowest BCUT2D eigenvalue weighted by Gasteiger charge is -2.14. The Hall–Kier alpha value is 1.32. The van der Waals surface area contributed by atoms with Gasteiger partial charge in [0.25, 0.3) is 0 Å². The molecule has 0 aliphatic rings. The van der Waals surface area contributed by atoms with Gasteiger partial charge in [-0.2, -0.15) is 22.2 Å². The van der Waals surface area contributed by atoms with Gasteiger partial charge in [-0.15, -0.1) is 60.2 Å². The summed E-state index contributed by atoms with van der Waals surface area (Å²) >= 11 is 27.5. The highest BCUT2D eigenvalue weighted by molar-refractivity contribution is 7.19. The molecule has 8 heteroatoms. The van der Waals surface area contributed by atoms with Crippen LogP contribution < -0.4 is 0 Å². The summed E-state index contributed by atoms with van der Waals surface area (Å²) in [5, 5.41) is 0. The Balaban J connectivity index is -0.0000000462. The van der Waals surface area contributed by atoms with Gasteiger partial charge in [-0.3, -0.25) is 0 Å². The lowest BCUT2D eigenvalue weighted by atomic mass is 10.6. The number of halogens is 5. The molecule has 0 heterocycles. The molecule has 0 aliphatic carbocycles. The molecule has 30 heavy (non-hydrogen) atoms. The summed E-state index contributed by atoms with van der Waals surface area (Å²) in [5.41, 5.74) is 2.12. The van der Waals surface area contributed by atoms with Gasteiger partial charge in [0, 0.05) is 17.6 Å². The van der Waals surface area contributed by atoms with E-state index in [2.05, 4.69) is 64.7 Å². The maximum absolute atomic E-state index is 5.99. The van der Waals surface area contributed by atoms with E-state index in [0.717, 1.165) is 30.6 Å². The van der Waals surface area contributed by atoms with Crippen LogP contribution in [0.4, 0.5) is 0 Å². The van der Waals surface area contributed by atoms with E-state index in [0.29, 0.717) is 5.88 Å². The fourth-order valence-electron chi connectivity index (χ4n) is 1.11. The van der Waals surface area contributed by atoms with Crippen LogP contribution in [0, 0.1) is 0 Å². The highest BCUT2D eigenvalue weighted by Crippen LogP contribution is 2.16. The average molecular weight is 579 g/mol. The minimum Gasteiger partial charge on any atom is -0.172 e. The fraction of sp³-hybridized carbons (Fsp3) is 0.727. The van der Waals surface area contributed by atoms with Crippen LogP contribution >= 0.6 is 57.0 Å². The lowest BCUT2D eigenvalue weighted by molar-refractivity contribution is 1.06. The van der Waals surface area contributed by atoms with Crippen LogP contribution in [0.15, 0.2) is 37.6 Å². The number of allylic oxidation sites excluding steroid dienone is 2. The minimum atomic E-state index is -1.29. The molecule has 0 radical (unpaired) electrons. The van der Waals surface area contributed by atoms with E-state index >= 15 is 0 Å². The molecule has 0 aromatic heterocycles. The van der Waals surface area contributed by atoms with Crippen molar-refractivity contribution >= 4 is 80.5 Å². The molecule has 0 unspecified atom stereocenters. The third-order valence-electron chi connectivity index (χ3n) is 2.52. The Bertz CT molecular complexity index is 316. The van der Waals surface area contributed by atoms with Crippen molar-refractivity contribution in [3.63, 3.8) is 0 Å². The minimum absolute atomic E-state index is 0. The largest absolute Gasteiger partial charge is 0.172 e. The molecule has 0 spiro atoms. The number of rotatable bonds is 8. The Morgan fingerprint density at radius 2 is 1.10 bits per heavy atom. The first-order valence-corrected chi connectivity index (χ1v) is 22.7. The zero-order chi connectivity index (χ0) is 23.6. The van der Waals surface area contributed by atoms with Gasteiger partial charge < -0.3 is 0 Å². The fourth-order valence-corrected chi connectivity index (χ4v) is 4.54. The van der Waals surface area contributed by atoms with Crippen molar-refractivity contribution in [3.05, 3.63) is 37.6 Å². The number of alkyl halides is 3. The second kappa shape index (κ2) is 37.6. The molecule has 188 valence electrons. The topological polar surface area (TPSA) is 0 Å². The van der Waals surface area contributed by atoms with Crippen LogP contribution in [0.5, 0.6) is 0 Å². The zero-order valence-corrected chi connectivity index (χ0v) is 26.2. The predicted octanol–water partition coefficient (Wildman–Crippen LogP) is 11.2. The van der Waals surface area contributed by atoms with E-state index < -0.39 is 23.6 Å². The van der Waals surface area contributed by atoms with Gasteiger partial charge in [0.15, 0.2) is 7.38 Å². The third-order valence-corrected chi connectivity index (χ3v) is 8.13. The molecule has 0 saturated heterocycles. The summed E-state index contributed by atoms with van der Waals surface area (Å²) in [6.45, 7) is 25.4. The van der Waals surface area contributed by atoms with Crippen LogP contribution in [-0.2, 0) is 0 Å². The van der Waals surface area contributed by atoms with Gasteiger partial charge in [-0.05, 0) is 25.8 Å². The summed E-state index contributed by atoms with van der Waals surface area (Å²) in [7, 11) is -2.98. The Kier molecular flexibility index (Phi) is 61.1. The summed E-state index contributed by atoms with van der Waals surface area (Å²) in [5.74, 6) is 2.10. The van der Waals surface area contributed by atoms with Crippen molar-refractivity contribution < 1.29 is 0 Å². The first kappa shape index (κ1) is 48.7. The van der Waals surface area contributed by atoms with Crippen molar-refractivity contribution in [1.82, 2.24) is 0 Å². The van der Waals surface area contributed by atoms with Gasteiger partial charge in [-0.1, -0.05) is 72.3 Å². The van der Waals surface area contributed by atoms with Gasteiger partial charge >= 0.3 is 0 Å². The number of hydrogen-bond donors (Lipinski definition) is 0. The van der Waals surface area contributed by atoms with Crippen molar-refractivity contribution in [1.29, 1.82) is 0 Å².